The third kappa shape index (κ3) is 2.26. The fourth-order valence-electron chi connectivity index (χ4n) is 4.98. The van der Waals surface area contributed by atoms with Gasteiger partial charge in [0, 0.05) is 24.9 Å². The summed E-state index contributed by atoms with van der Waals surface area (Å²) in [4.78, 5) is 0. The summed E-state index contributed by atoms with van der Waals surface area (Å²) in [5.74, 6) is 2.03. The number of hydrogen-bond donors (Lipinski definition) is 0. The molecular weight excluding hydrogens is 406 g/mol. The molecule has 0 amide bonds. The van der Waals surface area contributed by atoms with E-state index in [4.69, 9.17) is 39.3 Å². The van der Waals surface area contributed by atoms with Crippen molar-refractivity contribution in [2.45, 2.75) is 48.0 Å². The van der Waals surface area contributed by atoms with E-state index in [1.54, 1.807) is 0 Å². The predicted octanol–water partition coefficient (Wildman–Crippen LogP) is 6.00. The first-order chi connectivity index (χ1) is 10.8. The van der Waals surface area contributed by atoms with E-state index in [9.17, 15) is 4.57 Å². The summed E-state index contributed by atoms with van der Waals surface area (Å²) in [6.07, 6.45) is 2.26. The maximum Gasteiger partial charge on any atom is 0.213 e. The van der Waals surface area contributed by atoms with Crippen LogP contribution in [0.15, 0.2) is 23.0 Å². The van der Waals surface area contributed by atoms with E-state index in [2.05, 4.69) is 33.8 Å². The summed E-state index contributed by atoms with van der Waals surface area (Å²) >= 11 is 17.7. The molecule has 1 saturated heterocycles. The zero-order valence-electron chi connectivity index (χ0n) is 14.8. The van der Waals surface area contributed by atoms with Gasteiger partial charge in [-0.15, -0.1) is 0 Å². The van der Waals surface area contributed by atoms with Crippen LogP contribution in [0.2, 0.25) is 0 Å². The Morgan fingerprint density at radius 3 is 2.42 bits per heavy atom. The van der Waals surface area contributed by atoms with Gasteiger partial charge in [0.1, 0.15) is 0 Å². The van der Waals surface area contributed by atoms with Gasteiger partial charge in [-0.05, 0) is 40.7 Å². The molecule has 0 N–H and O–H groups in total. The van der Waals surface area contributed by atoms with Crippen LogP contribution in [0.5, 0.6) is 0 Å². The molecule has 3 aliphatic heterocycles. The monoisotopic (exact) mass is 429 g/mol. The van der Waals surface area contributed by atoms with Crippen LogP contribution in [0.25, 0.3) is 0 Å². The quantitative estimate of drug-likeness (QED) is 0.312. The lowest BCUT2D eigenvalue weighted by atomic mass is 9.65. The van der Waals surface area contributed by atoms with Crippen LogP contribution in [-0.2, 0) is 9.09 Å². The van der Waals surface area contributed by atoms with Crippen molar-refractivity contribution in [1.29, 1.82) is 0 Å². The molecule has 3 nitrogen and oxygen atoms in total. The number of allylic oxidation sites excluding steroid dienone is 3. The molecule has 3 rings (SSSR count). The van der Waals surface area contributed by atoms with Crippen molar-refractivity contribution in [2.75, 3.05) is 20.7 Å². The number of halogens is 3. The highest BCUT2D eigenvalue weighted by molar-refractivity contribution is 7.69. The van der Waals surface area contributed by atoms with E-state index >= 15 is 0 Å². The average molecular weight is 431 g/mol. The topological polar surface area (TPSA) is 29.5 Å². The summed E-state index contributed by atoms with van der Waals surface area (Å²) in [7, 11) is 0.251. The maximum absolute atomic E-state index is 14.0. The van der Waals surface area contributed by atoms with E-state index in [1.807, 2.05) is 24.6 Å². The highest BCUT2D eigenvalue weighted by atomic mass is 35.6. The molecule has 1 fully saturated rings. The molecule has 6 atom stereocenters. The molecule has 0 saturated carbocycles. The van der Waals surface area contributed by atoms with Crippen molar-refractivity contribution in [3.05, 3.63) is 23.0 Å². The van der Waals surface area contributed by atoms with Gasteiger partial charge in [-0.3, -0.25) is 4.67 Å². The smallest absolute Gasteiger partial charge is 0.213 e. The highest BCUT2D eigenvalue weighted by Crippen LogP contribution is 2.88. The van der Waals surface area contributed by atoms with Gasteiger partial charge < -0.3 is 9.09 Å². The zero-order chi connectivity index (χ0) is 18.3. The lowest BCUT2D eigenvalue weighted by molar-refractivity contribution is 0.297. The standard InChI is InChI=1S/C16H24Cl3NO2P2/c1-10-7-12-15(4)14(3,11(2)8-24(15,21)20(5)6)13(10)23(12)22-9-16(17,18)19/h7-8,12-13H,9H2,1-6H3/t12-,13+,14-,15+,23?,24?/m0/s1. The van der Waals surface area contributed by atoms with Crippen molar-refractivity contribution in [1.82, 2.24) is 4.67 Å². The van der Waals surface area contributed by atoms with Gasteiger partial charge in [0.25, 0.3) is 0 Å². The number of nitrogens with zero attached hydrogens (tertiary/aromatic N) is 1. The maximum atomic E-state index is 14.0. The van der Waals surface area contributed by atoms with Crippen LogP contribution in [0, 0.1) is 5.41 Å². The van der Waals surface area contributed by atoms with E-state index in [0.29, 0.717) is 0 Å². The first-order valence-corrected chi connectivity index (χ1v) is 12.2. The third-order valence-electron chi connectivity index (χ3n) is 6.38. The Labute approximate surface area is 161 Å². The summed E-state index contributed by atoms with van der Waals surface area (Å²) < 4.78 is 20.7. The van der Waals surface area contributed by atoms with Crippen LogP contribution in [0.1, 0.15) is 27.7 Å². The molecule has 0 aromatic heterocycles. The molecule has 24 heavy (non-hydrogen) atoms. The molecular formula is C16H24Cl3NO2P2. The molecule has 2 unspecified atom stereocenters. The van der Waals surface area contributed by atoms with Crippen molar-refractivity contribution >= 4 is 50.2 Å². The minimum absolute atomic E-state index is 0.0681. The summed E-state index contributed by atoms with van der Waals surface area (Å²) in [6, 6.07) is 0. The molecule has 8 heteroatoms. The van der Waals surface area contributed by atoms with Crippen molar-refractivity contribution in [3.63, 3.8) is 0 Å². The third-order valence-corrected chi connectivity index (χ3v) is 14.0. The minimum Gasteiger partial charge on any atom is -0.354 e. The van der Waals surface area contributed by atoms with E-state index in [1.165, 1.54) is 11.1 Å². The molecule has 0 spiro atoms. The Morgan fingerprint density at radius 1 is 1.33 bits per heavy atom. The summed E-state index contributed by atoms with van der Waals surface area (Å²) in [5, 5.41) is -0.378. The fraction of sp³-hybridized carbons (Fsp3) is 0.750. The first-order valence-electron chi connectivity index (χ1n) is 7.94. The summed E-state index contributed by atoms with van der Waals surface area (Å²) in [6.45, 7) is 8.74. The Hall–Kier alpha value is 0.930. The molecule has 0 aliphatic carbocycles. The van der Waals surface area contributed by atoms with E-state index in [0.717, 1.165) is 0 Å². The number of fused-ring (bicyclic) bond motifs is 5. The van der Waals surface area contributed by atoms with Crippen molar-refractivity contribution in [3.8, 4) is 0 Å². The average Bonchev–Trinajstić information content (AvgIpc) is 2.92. The Bertz CT molecular complexity index is 687. The fourth-order valence-corrected chi connectivity index (χ4v) is 13.4. The number of rotatable bonds is 3. The van der Waals surface area contributed by atoms with Gasteiger partial charge in [-0.2, -0.15) is 0 Å². The van der Waals surface area contributed by atoms with Crippen LogP contribution < -0.4 is 0 Å². The first kappa shape index (κ1) is 19.7. The molecule has 2 bridgehead atoms. The lowest BCUT2D eigenvalue weighted by Gasteiger charge is -2.48. The zero-order valence-corrected chi connectivity index (χ0v) is 18.9. The van der Waals surface area contributed by atoms with Crippen molar-refractivity contribution < 1.29 is 9.09 Å². The van der Waals surface area contributed by atoms with Crippen LogP contribution >= 0.6 is 50.2 Å². The van der Waals surface area contributed by atoms with E-state index < -0.39 is 19.2 Å². The van der Waals surface area contributed by atoms with Crippen LogP contribution in [-0.4, -0.2) is 45.6 Å². The van der Waals surface area contributed by atoms with Gasteiger partial charge >= 0.3 is 0 Å². The van der Waals surface area contributed by atoms with Gasteiger partial charge in [-0.1, -0.05) is 58.9 Å². The largest absolute Gasteiger partial charge is 0.354 e. The van der Waals surface area contributed by atoms with Gasteiger partial charge in [0.05, 0.1) is 11.8 Å². The highest BCUT2D eigenvalue weighted by Gasteiger charge is 2.77. The van der Waals surface area contributed by atoms with Gasteiger partial charge in [-0.25, -0.2) is 0 Å². The lowest BCUT2D eigenvalue weighted by Crippen LogP contribution is -2.50. The van der Waals surface area contributed by atoms with Crippen LogP contribution in [0.4, 0.5) is 0 Å². The predicted molar refractivity (Wildman–Crippen MR) is 106 cm³/mol. The molecule has 0 aromatic rings. The summed E-state index contributed by atoms with van der Waals surface area (Å²) in [5.41, 5.74) is 2.66. The second kappa shape index (κ2) is 5.71. The normalized spacial score (nSPS) is 47.2. The molecule has 136 valence electrons. The number of alkyl halides is 3. The van der Waals surface area contributed by atoms with Gasteiger partial charge in [0.15, 0.2) is 7.29 Å². The van der Waals surface area contributed by atoms with E-state index in [-0.39, 0.29) is 28.5 Å². The molecule has 0 radical (unpaired) electrons. The van der Waals surface area contributed by atoms with Crippen molar-refractivity contribution in [2.24, 2.45) is 5.41 Å². The Balaban J connectivity index is 2.10. The Morgan fingerprint density at radius 2 is 1.92 bits per heavy atom. The second-order valence-corrected chi connectivity index (χ2v) is 15.4. The number of hydrogen-bond acceptors (Lipinski definition) is 2. The van der Waals surface area contributed by atoms with Crippen LogP contribution in [0.3, 0.4) is 0 Å². The SMILES string of the molecule is CC1=C[C@@H]2P(OCC(Cl)(Cl)Cl)[C@H]1[C@]1(C)C(C)=CP(=O)(N(C)C)[C@]21C. The minimum atomic E-state index is -2.69. The second-order valence-electron chi connectivity index (χ2n) is 7.64. The molecule has 3 heterocycles. The molecule has 3 aliphatic rings. The molecule has 0 aromatic carbocycles. The van der Waals surface area contributed by atoms with Gasteiger partial charge in [0.2, 0.25) is 3.79 Å². The Kier molecular flexibility index (Phi) is 4.69.